The second-order valence-corrected chi connectivity index (χ2v) is 4.92. The van der Waals surface area contributed by atoms with Gasteiger partial charge in [0.1, 0.15) is 17.5 Å². The van der Waals surface area contributed by atoms with Crippen molar-refractivity contribution >= 4 is 11.6 Å². The molecule has 110 valence electrons. The van der Waals surface area contributed by atoms with Crippen LogP contribution in [0.5, 0.6) is 5.88 Å². The third kappa shape index (κ3) is 2.01. The normalized spacial score (nSPS) is 16.7. The Hall–Kier alpha value is -2.85. The number of nitrogens with one attached hydrogen (secondary N) is 1. The van der Waals surface area contributed by atoms with Gasteiger partial charge in [-0.05, 0) is 12.1 Å². The second kappa shape index (κ2) is 5.16. The zero-order chi connectivity index (χ0) is 15.9. The van der Waals surface area contributed by atoms with Gasteiger partial charge in [0, 0.05) is 10.6 Å². The van der Waals surface area contributed by atoms with Gasteiger partial charge in [-0.2, -0.15) is 5.26 Å². The first kappa shape index (κ1) is 14.1. The molecule has 1 aliphatic rings. The van der Waals surface area contributed by atoms with E-state index in [9.17, 15) is 14.4 Å². The SMILES string of the molecule is N#CC1=C(N)Oc2nc[nH]c(=O)c2C1c1c(F)cccc1Cl. The molecule has 0 aliphatic carbocycles. The van der Waals surface area contributed by atoms with Gasteiger partial charge in [0.05, 0.1) is 17.8 Å². The van der Waals surface area contributed by atoms with Crippen LogP contribution in [0.2, 0.25) is 5.02 Å². The van der Waals surface area contributed by atoms with E-state index in [1.165, 1.54) is 18.2 Å². The summed E-state index contributed by atoms with van der Waals surface area (Å²) in [7, 11) is 0. The highest BCUT2D eigenvalue weighted by Crippen LogP contribution is 2.42. The topological polar surface area (TPSA) is 105 Å². The van der Waals surface area contributed by atoms with Crippen LogP contribution >= 0.6 is 11.6 Å². The quantitative estimate of drug-likeness (QED) is 0.834. The Labute approximate surface area is 128 Å². The molecule has 0 fully saturated rings. The van der Waals surface area contributed by atoms with Gasteiger partial charge in [0.2, 0.25) is 11.8 Å². The average Bonchev–Trinajstić information content (AvgIpc) is 2.46. The van der Waals surface area contributed by atoms with Crippen molar-refractivity contribution in [1.82, 2.24) is 9.97 Å². The van der Waals surface area contributed by atoms with Crippen LogP contribution in [0.15, 0.2) is 40.8 Å². The van der Waals surface area contributed by atoms with Gasteiger partial charge in [-0.25, -0.2) is 9.37 Å². The third-order valence-corrected chi connectivity index (χ3v) is 3.64. The minimum atomic E-state index is -1.08. The Balaban J connectivity index is 2.39. The summed E-state index contributed by atoms with van der Waals surface area (Å²) >= 11 is 6.07. The van der Waals surface area contributed by atoms with Crippen molar-refractivity contribution in [2.75, 3.05) is 0 Å². The molecule has 22 heavy (non-hydrogen) atoms. The van der Waals surface area contributed by atoms with Crippen LogP contribution in [0.25, 0.3) is 0 Å². The van der Waals surface area contributed by atoms with E-state index in [1.54, 1.807) is 0 Å². The molecule has 0 amide bonds. The molecule has 0 bridgehead atoms. The number of nitrogens with zero attached hydrogens (tertiary/aromatic N) is 2. The number of aromatic amines is 1. The number of rotatable bonds is 1. The fourth-order valence-corrected chi connectivity index (χ4v) is 2.64. The minimum absolute atomic E-state index is 0.0137. The van der Waals surface area contributed by atoms with Crippen molar-refractivity contribution in [3.05, 3.63) is 68.3 Å². The Morgan fingerprint density at radius 2 is 2.23 bits per heavy atom. The van der Waals surface area contributed by atoms with Gasteiger partial charge in [-0.15, -0.1) is 0 Å². The summed E-state index contributed by atoms with van der Waals surface area (Å²) in [6.07, 6.45) is 1.13. The van der Waals surface area contributed by atoms with Gasteiger partial charge in [-0.1, -0.05) is 17.7 Å². The standard InChI is InChI=1S/C14H8ClFN4O2/c15-7-2-1-3-8(16)10(7)9-6(4-17)12(18)22-14-11(9)13(21)19-5-20-14/h1-3,5,9H,18H2,(H,19,20,21). The third-order valence-electron chi connectivity index (χ3n) is 3.31. The van der Waals surface area contributed by atoms with Crippen molar-refractivity contribution in [2.24, 2.45) is 5.73 Å². The largest absolute Gasteiger partial charge is 0.422 e. The number of nitriles is 1. The second-order valence-electron chi connectivity index (χ2n) is 4.51. The van der Waals surface area contributed by atoms with E-state index in [-0.39, 0.29) is 33.5 Å². The predicted octanol–water partition coefficient (Wildman–Crippen LogP) is 1.78. The highest BCUT2D eigenvalue weighted by Gasteiger charge is 2.36. The maximum absolute atomic E-state index is 14.3. The molecule has 0 radical (unpaired) electrons. The minimum Gasteiger partial charge on any atom is -0.422 e. The maximum atomic E-state index is 14.3. The van der Waals surface area contributed by atoms with Gasteiger partial charge < -0.3 is 15.5 Å². The number of fused-ring (bicyclic) bond motifs is 1. The molecule has 1 aliphatic heterocycles. The number of H-pyrrole nitrogens is 1. The molecule has 0 saturated heterocycles. The number of ether oxygens (including phenoxy) is 1. The van der Waals surface area contributed by atoms with E-state index in [0.29, 0.717) is 0 Å². The molecule has 2 aromatic rings. The Morgan fingerprint density at radius 1 is 1.45 bits per heavy atom. The first-order valence-electron chi connectivity index (χ1n) is 6.13. The lowest BCUT2D eigenvalue weighted by atomic mass is 9.85. The van der Waals surface area contributed by atoms with Crippen LogP contribution in [0.3, 0.4) is 0 Å². The molecule has 1 aromatic carbocycles. The number of allylic oxidation sites excluding steroid dienone is 1. The monoisotopic (exact) mass is 318 g/mol. The van der Waals surface area contributed by atoms with Crippen LogP contribution in [0.4, 0.5) is 4.39 Å². The summed E-state index contributed by atoms with van der Waals surface area (Å²) in [6.45, 7) is 0. The maximum Gasteiger partial charge on any atom is 0.258 e. The fourth-order valence-electron chi connectivity index (χ4n) is 2.37. The molecule has 6 nitrogen and oxygen atoms in total. The molecule has 0 saturated carbocycles. The summed E-state index contributed by atoms with van der Waals surface area (Å²) in [5.74, 6) is -2.06. The average molecular weight is 319 g/mol. The molecule has 8 heteroatoms. The van der Waals surface area contributed by atoms with Crippen LogP contribution < -0.4 is 16.0 Å². The van der Waals surface area contributed by atoms with Gasteiger partial charge in [0.25, 0.3) is 5.56 Å². The summed E-state index contributed by atoms with van der Waals surface area (Å²) in [5.41, 5.74) is 5.00. The van der Waals surface area contributed by atoms with Crippen LogP contribution in [0, 0.1) is 17.1 Å². The highest BCUT2D eigenvalue weighted by atomic mass is 35.5. The molecular weight excluding hydrogens is 311 g/mol. The van der Waals surface area contributed by atoms with Crippen LogP contribution in [-0.4, -0.2) is 9.97 Å². The number of hydrogen-bond donors (Lipinski definition) is 2. The van der Waals surface area contributed by atoms with Gasteiger partial charge in [-0.3, -0.25) is 4.79 Å². The summed E-state index contributed by atoms with van der Waals surface area (Å²) in [6, 6.07) is 5.92. The number of aromatic nitrogens is 2. The lowest BCUT2D eigenvalue weighted by Gasteiger charge is -2.25. The molecule has 2 heterocycles. The predicted molar refractivity (Wildman–Crippen MR) is 75.6 cm³/mol. The van der Waals surface area contributed by atoms with Crippen molar-refractivity contribution in [2.45, 2.75) is 5.92 Å². The number of nitrogens with two attached hydrogens (primary N) is 1. The van der Waals surface area contributed by atoms with E-state index in [0.717, 1.165) is 6.33 Å². The Kier molecular flexibility index (Phi) is 3.31. The lowest BCUT2D eigenvalue weighted by molar-refractivity contribution is 0.374. The first-order valence-corrected chi connectivity index (χ1v) is 6.51. The molecule has 1 unspecified atom stereocenters. The first-order chi connectivity index (χ1) is 10.5. The summed E-state index contributed by atoms with van der Waals surface area (Å²) in [5, 5.41) is 9.40. The van der Waals surface area contributed by atoms with E-state index >= 15 is 0 Å². The zero-order valence-corrected chi connectivity index (χ0v) is 11.7. The van der Waals surface area contributed by atoms with E-state index in [2.05, 4.69) is 9.97 Å². The zero-order valence-electron chi connectivity index (χ0n) is 10.9. The molecular formula is C14H8ClFN4O2. The Morgan fingerprint density at radius 3 is 2.91 bits per heavy atom. The molecule has 0 spiro atoms. The summed E-state index contributed by atoms with van der Waals surface area (Å²) < 4.78 is 19.5. The van der Waals surface area contributed by atoms with E-state index in [1.807, 2.05) is 6.07 Å². The van der Waals surface area contributed by atoms with E-state index < -0.39 is 17.3 Å². The van der Waals surface area contributed by atoms with Gasteiger partial charge in [0.15, 0.2) is 0 Å². The van der Waals surface area contributed by atoms with Crippen molar-refractivity contribution in [3.8, 4) is 11.9 Å². The molecule has 3 rings (SSSR count). The van der Waals surface area contributed by atoms with Crippen LogP contribution in [0.1, 0.15) is 17.0 Å². The van der Waals surface area contributed by atoms with Gasteiger partial charge >= 0.3 is 0 Å². The highest BCUT2D eigenvalue weighted by molar-refractivity contribution is 6.31. The lowest BCUT2D eigenvalue weighted by Crippen LogP contribution is -2.28. The van der Waals surface area contributed by atoms with Crippen molar-refractivity contribution in [1.29, 1.82) is 5.26 Å². The number of benzene rings is 1. The van der Waals surface area contributed by atoms with Crippen molar-refractivity contribution < 1.29 is 9.13 Å². The van der Waals surface area contributed by atoms with Crippen LogP contribution in [-0.2, 0) is 0 Å². The summed E-state index contributed by atoms with van der Waals surface area (Å²) in [4.78, 5) is 18.4. The van der Waals surface area contributed by atoms with E-state index in [4.69, 9.17) is 22.1 Å². The Bertz CT molecular complexity index is 880. The van der Waals surface area contributed by atoms with Crippen molar-refractivity contribution in [3.63, 3.8) is 0 Å². The number of hydrogen-bond acceptors (Lipinski definition) is 5. The molecule has 1 atom stereocenters. The smallest absolute Gasteiger partial charge is 0.258 e. The molecule has 3 N–H and O–H groups in total. The molecule has 1 aromatic heterocycles. The number of halogens is 2. The fraction of sp³-hybridized carbons (Fsp3) is 0.0714.